The Bertz CT molecular complexity index is 657. The van der Waals surface area contributed by atoms with Gasteiger partial charge < -0.3 is 9.64 Å². The Morgan fingerprint density at radius 2 is 2.08 bits per heavy atom. The largest absolute Gasteiger partial charge is 0.378 e. The Morgan fingerprint density at radius 3 is 2.80 bits per heavy atom. The van der Waals surface area contributed by atoms with Gasteiger partial charge in [-0.3, -0.25) is 4.79 Å². The molecular formula is C18H25N5O2. The molecule has 0 unspecified atom stereocenters. The van der Waals surface area contributed by atoms with E-state index in [9.17, 15) is 4.79 Å². The molecule has 0 radical (unpaired) electrons. The van der Waals surface area contributed by atoms with Crippen LogP contribution in [-0.2, 0) is 16.0 Å². The van der Waals surface area contributed by atoms with Gasteiger partial charge in [0.1, 0.15) is 6.33 Å². The third-order valence-electron chi connectivity index (χ3n) is 4.49. The fourth-order valence-corrected chi connectivity index (χ4v) is 3.10. The predicted octanol–water partition coefficient (Wildman–Crippen LogP) is 2.01. The van der Waals surface area contributed by atoms with Gasteiger partial charge in [0.25, 0.3) is 0 Å². The molecule has 1 aromatic carbocycles. The molecule has 1 atom stereocenters. The van der Waals surface area contributed by atoms with E-state index in [-0.39, 0.29) is 5.91 Å². The highest BCUT2D eigenvalue weighted by Crippen LogP contribution is 2.16. The number of tetrazole rings is 1. The van der Waals surface area contributed by atoms with Crippen molar-refractivity contribution >= 4 is 5.91 Å². The molecule has 1 aromatic heterocycles. The lowest BCUT2D eigenvalue weighted by molar-refractivity contribution is -0.130. The summed E-state index contributed by atoms with van der Waals surface area (Å²) in [5.74, 6) is 0.186. The first-order valence-electron chi connectivity index (χ1n) is 8.98. The van der Waals surface area contributed by atoms with Crippen molar-refractivity contribution in [3.8, 4) is 5.69 Å². The van der Waals surface area contributed by atoms with Crippen molar-refractivity contribution in [1.29, 1.82) is 0 Å². The molecule has 1 saturated heterocycles. The van der Waals surface area contributed by atoms with Gasteiger partial charge in [0.15, 0.2) is 0 Å². The molecule has 2 heterocycles. The van der Waals surface area contributed by atoms with Crippen molar-refractivity contribution in [2.24, 2.45) is 0 Å². The molecule has 1 aliphatic rings. The number of amides is 1. The molecule has 0 spiro atoms. The van der Waals surface area contributed by atoms with Gasteiger partial charge in [-0.2, -0.15) is 0 Å². The SMILES string of the molecule is CCCO[C@@H]1CCCN(C(=O)Cc2ccc(-n3cnnn3)cc2)CC1. The second-order valence-electron chi connectivity index (χ2n) is 6.40. The van der Waals surface area contributed by atoms with Crippen LogP contribution in [0.4, 0.5) is 0 Å². The Kier molecular flexibility index (Phi) is 6.11. The molecule has 2 aromatic rings. The first-order valence-corrected chi connectivity index (χ1v) is 8.98. The van der Waals surface area contributed by atoms with E-state index in [1.54, 1.807) is 11.0 Å². The van der Waals surface area contributed by atoms with Crippen molar-refractivity contribution in [2.75, 3.05) is 19.7 Å². The minimum absolute atomic E-state index is 0.186. The fourth-order valence-electron chi connectivity index (χ4n) is 3.10. The van der Waals surface area contributed by atoms with E-state index in [1.165, 1.54) is 0 Å². The minimum atomic E-state index is 0.186. The second kappa shape index (κ2) is 8.71. The molecule has 1 aliphatic heterocycles. The lowest BCUT2D eigenvalue weighted by Crippen LogP contribution is -2.33. The van der Waals surface area contributed by atoms with Crippen LogP contribution in [0.15, 0.2) is 30.6 Å². The number of benzene rings is 1. The Morgan fingerprint density at radius 1 is 1.24 bits per heavy atom. The maximum atomic E-state index is 12.6. The third-order valence-corrected chi connectivity index (χ3v) is 4.49. The molecule has 0 bridgehead atoms. The summed E-state index contributed by atoms with van der Waals surface area (Å²) >= 11 is 0. The number of hydrogen-bond donors (Lipinski definition) is 0. The average Bonchev–Trinajstić information content (AvgIpc) is 3.06. The summed E-state index contributed by atoms with van der Waals surface area (Å²) in [6, 6.07) is 7.77. The first kappa shape index (κ1) is 17.5. The van der Waals surface area contributed by atoms with Gasteiger partial charge in [-0.15, -0.1) is 5.10 Å². The highest BCUT2D eigenvalue weighted by atomic mass is 16.5. The zero-order chi connectivity index (χ0) is 17.5. The van der Waals surface area contributed by atoms with Gasteiger partial charge in [0, 0.05) is 19.7 Å². The predicted molar refractivity (Wildman–Crippen MR) is 93.3 cm³/mol. The maximum Gasteiger partial charge on any atom is 0.226 e. The summed E-state index contributed by atoms with van der Waals surface area (Å²) in [5, 5.41) is 11.1. The van der Waals surface area contributed by atoms with E-state index in [1.807, 2.05) is 29.2 Å². The Hall–Kier alpha value is -2.28. The van der Waals surface area contributed by atoms with Crippen molar-refractivity contribution in [1.82, 2.24) is 25.1 Å². The van der Waals surface area contributed by atoms with Crippen LogP contribution in [0.25, 0.3) is 5.69 Å². The van der Waals surface area contributed by atoms with Crippen LogP contribution in [0.5, 0.6) is 0 Å². The number of nitrogens with zero attached hydrogens (tertiary/aromatic N) is 5. The van der Waals surface area contributed by atoms with Crippen molar-refractivity contribution < 1.29 is 9.53 Å². The molecule has 3 rings (SSSR count). The van der Waals surface area contributed by atoms with Crippen LogP contribution in [0.3, 0.4) is 0 Å². The van der Waals surface area contributed by atoms with Crippen LogP contribution in [0.1, 0.15) is 38.2 Å². The summed E-state index contributed by atoms with van der Waals surface area (Å²) in [7, 11) is 0. The van der Waals surface area contributed by atoms with E-state index >= 15 is 0 Å². The van der Waals surface area contributed by atoms with Gasteiger partial charge in [0.05, 0.1) is 18.2 Å². The lowest BCUT2D eigenvalue weighted by Gasteiger charge is -2.21. The van der Waals surface area contributed by atoms with Gasteiger partial charge >= 0.3 is 0 Å². The summed E-state index contributed by atoms with van der Waals surface area (Å²) in [5.41, 5.74) is 1.89. The van der Waals surface area contributed by atoms with Crippen molar-refractivity contribution in [3.05, 3.63) is 36.2 Å². The molecule has 0 saturated carbocycles. The lowest BCUT2D eigenvalue weighted by atomic mass is 10.1. The summed E-state index contributed by atoms with van der Waals surface area (Å²) in [6.07, 6.45) is 6.31. The topological polar surface area (TPSA) is 73.1 Å². The molecule has 7 heteroatoms. The van der Waals surface area contributed by atoms with Gasteiger partial charge in [-0.1, -0.05) is 19.1 Å². The Labute approximate surface area is 148 Å². The number of aromatic nitrogens is 4. The van der Waals surface area contributed by atoms with Crippen LogP contribution >= 0.6 is 0 Å². The minimum Gasteiger partial charge on any atom is -0.378 e. The van der Waals surface area contributed by atoms with Crippen molar-refractivity contribution in [2.45, 2.75) is 45.1 Å². The first-order chi connectivity index (χ1) is 12.3. The van der Waals surface area contributed by atoms with E-state index < -0.39 is 0 Å². The van der Waals surface area contributed by atoms with Crippen molar-refractivity contribution in [3.63, 3.8) is 0 Å². The highest BCUT2D eigenvalue weighted by molar-refractivity contribution is 5.78. The molecule has 1 amide bonds. The second-order valence-corrected chi connectivity index (χ2v) is 6.40. The van der Waals surface area contributed by atoms with E-state index in [2.05, 4.69) is 22.4 Å². The molecule has 0 N–H and O–H groups in total. The van der Waals surface area contributed by atoms with E-state index in [0.717, 1.165) is 56.6 Å². The molecule has 1 fully saturated rings. The molecule has 7 nitrogen and oxygen atoms in total. The zero-order valence-electron chi connectivity index (χ0n) is 14.7. The fraction of sp³-hybridized carbons (Fsp3) is 0.556. The number of ether oxygens (including phenoxy) is 1. The van der Waals surface area contributed by atoms with Gasteiger partial charge in [0.2, 0.25) is 5.91 Å². The molecule has 25 heavy (non-hydrogen) atoms. The molecular weight excluding hydrogens is 318 g/mol. The smallest absolute Gasteiger partial charge is 0.226 e. The number of carbonyl (C=O) groups is 1. The number of likely N-dealkylation sites (tertiary alicyclic amines) is 1. The van der Waals surface area contributed by atoms with Crippen LogP contribution < -0.4 is 0 Å². The normalized spacial score (nSPS) is 18.1. The van der Waals surface area contributed by atoms with Gasteiger partial charge in [-0.05, 0) is 53.8 Å². The average molecular weight is 343 g/mol. The molecule has 0 aliphatic carbocycles. The summed E-state index contributed by atoms with van der Waals surface area (Å²) in [4.78, 5) is 14.6. The standard InChI is InChI=1S/C18H25N5O2/c1-2-12-25-17-4-3-10-22(11-9-17)18(24)13-15-5-7-16(8-6-15)23-14-19-20-21-23/h5-8,14,17H,2-4,9-13H2,1H3/t17-/m1/s1. The summed E-state index contributed by atoms with van der Waals surface area (Å²) in [6.45, 7) is 4.55. The number of carbonyl (C=O) groups excluding carboxylic acids is 1. The molecule has 134 valence electrons. The van der Waals surface area contributed by atoms with Crippen LogP contribution in [-0.4, -0.2) is 56.8 Å². The number of hydrogen-bond acceptors (Lipinski definition) is 5. The quantitative estimate of drug-likeness (QED) is 0.802. The van der Waals surface area contributed by atoms with Crippen LogP contribution in [0, 0.1) is 0 Å². The number of rotatable bonds is 6. The highest BCUT2D eigenvalue weighted by Gasteiger charge is 2.21. The van der Waals surface area contributed by atoms with E-state index in [0.29, 0.717) is 12.5 Å². The maximum absolute atomic E-state index is 12.6. The van der Waals surface area contributed by atoms with Crippen LogP contribution in [0.2, 0.25) is 0 Å². The third kappa shape index (κ3) is 4.85. The Balaban J connectivity index is 1.53. The van der Waals surface area contributed by atoms with E-state index in [4.69, 9.17) is 4.74 Å². The monoisotopic (exact) mass is 343 g/mol. The zero-order valence-corrected chi connectivity index (χ0v) is 14.7. The summed E-state index contributed by atoms with van der Waals surface area (Å²) < 4.78 is 7.44. The van der Waals surface area contributed by atoms with Gasteiger partial charge in [-0.25, -0.2) is 4.68 Å².